The first kappa shape index (κ1) is 71.2. The number of rotatable bonds is 25. The van der Waals surface area contributed by atoms with Gasteiger partial charge < -0.3 is 83.0 Å². The van der Waals surface area contributed by atoms with Crippen LogP contribution in [0.5, 0.6) is 5.75 Å². The standard InChI is InChI=1S/C56H92F3N9O16/c1-8-30(2)23-31(3)15-13-11-9-10-12-14-16-41(74)61-37-25-40(73)53(84-56(58,59)28-68(6,7)29-57)65-52(81)45-46(75)32(4)26-67(45)55(83)43(39(72)21-22-60)63-51(80)44(48(77)47(76)34-17-19-35(70)20-18-34)64-50(79)38-24-36(71)27-66(38)54(82)42(33(5)69)62-49(37)78/h17-20,30-33,36-40,42-48,53,69,71-73,75-77H,8-16,21-29,60H2,1-7H3,(H5-,61,62,63,64,65,70,74,78,79,80,81)/p+1/t30-,31+,32-,33+,36+,37-,38-,39+,40+,42-,43-,44-,45-,46-,47-,48-,53+/m0/s1. The number of alkyl halides is 3. The third kappa shape index (κ3) is 20.4. The molecule has 0 unspecified atom stereocenters. The van der Waals surface area contributed by atoms with Crippen molar-refractivity contribution >= 4 is 41.4 Å². The second-order valence-corrected chi connectivity index (χ2v) is 24.0. The average molecular weight is 1210 g/mol. The fourth-order valence-electron chi connectivity index (χ4n) is 10.9. The number of ether oxygens (including phenoxy) is 1. The van der Waals surface area contributed by atoms with E-state index in [0.29, 0.717) is 29.6 Å². The van der Waals surface area contributed by atoms with Crippen LogP contribution in [0.2, 0.25) is 0 Å². The molecule has 15 N–H and O–H groups in total. The number of carbonyl (C=O) groups excluding carboxylic acids is 7. The van der Waals surface area contributed by atoms with Gasteiger partial charge in [0.05, 0.1) is 38.5 Å². The molecule has 3 aliphatic rings. The number of benzene rings is 1. The van der Waals surface area contributed by atoms with Crippen LogP contribution in [-0.2, 0) is 38.3 Å². The largest absolute Gasteiger partial charge is 0.508 e. The Labute approximate surface area is 488 Å². The number of hydrogen-bond donors (Lipinski definition) is 14. The molecule has 0 aliphatic carbocycles. The molecule has 0 spiro atoms. The number of nitrogens with one attached hydrogen (secondary N) is 5. The second-order valence-electron chi connectivity index (χ2n) is 24.0. The number of hydrogen-bond acceptors (Lipinski definition) is 17. The van der Waals surface area contributed by atoms with Crippen LogP contribution in [0.1, 0.15) is 130 Å². The Balaban J connectivity index is 1.83. The summed E-state index contributed by atoms with van der Waals surface area (Å²) in [6.45, 7) is 4.78. The van der Waals surface area contributed by atoms with Crippen molar-refractivity contribution in [3.8, 4) is 5.75 Å². The Morgan fingerprint density at radius 3 is 1.99 bits per heavy atom. The van der Waals surface area contributed by atoms with Gasteiger partial charge in [0.25, 0.3) is 0 Å². The molecule has 0 aromatic heterocycles. The summed E-state index contributed by atoms with van der Waals surface area (Å²) in [7, 11) is 2.14. The molecule has 3 saturated heterocycles. The van der Waals surface area contributed by atoms with Crippen LogP contribution in [0.3, 0.4) is 0 Å². The number of aliphatic hydroxyl groups excluding tert-OH is 7. The van der Waals surface area contributed by atoms with E-state index in [2.05, 4.69) is 47.4 Å². The number of phenols is 1. The van der Waals surface area contributed by atoms with Crippen LogP contribution in [0.25, 0.3) is 0 Å². The maximum Gasteiger partial charge on any atom is 0.406 e. The highest BCUT2D eigenvalue weighted by molar-refractivity contribution is 5.98. The minimum atomic E-state index is -4.42. The maximum absolute atomic E-state index is 16.1. The number of nitrogens with two attached hydrogens (primary N) is 1. The Bertz CT molecular complexity index is 2330. The summed E-state index contributed by atoms with van der Waals surface area (Å²) < 4.78 is 50.2. The van der Waals surface area contributed by atoms with Crippen molar-refractivity contribution in [2.75, 3.05) is 47.1 Å². The molecule has 0 bridgehead atoms. The van der Waals surface area contributed by atoms with E-state index >= 15 is 8.78 Å². The van der Waals surface area contributed by atoms with Crippen LogP contribution in [0, 0.1) is 17.8 Å². The summed E-state index contributed by atoms with van der Waals surface area (Å²) in [4.78, 5) is 103. The molecule has 3 heterocycles. The first-order valence-corrected chi connectivity index (χ1v) is 29.2. The van der Waals surface area contributed by atoms with Crippen molar-refractivity contribution < 1.29 is 96.8 Å². The maximum atomic E-state index is 16.1. The predicted molar refractivity (Wildman–Crippen MR) is 297 cm³/mol. The molecule has 28 heteroatoms. The lowest BCUT2D eigenvalue weighted by Gasteiger charge is -2.36. The first-order valence-electron chi connectivity index (χ1n) is 29.2. The van der Waals surface area contributed by atoms with Gasteiger partial charge in [0.15, 0.2) is 12.8 Å². The van der Waals surface area contributed by atoms with Gasteiger partial charge in [-0.15, -0.1) is 0 Å². The number of aliphatic hydroxyl groups is 7. The number of aromatic hydroxyl groups is 1. The van der Waals surface area contributed by atoms with Crippen molar-refractivity contribution in [2.24, 2.45) is 23.5 Å². The normalized spacial score (nSPS) is 28.6. The van der Waals surface area contributed by atoms with Gasteiger partial charge in [0, 0.05) is 38.3 Å². The fraction of sp³-hybridized carbons (Fsp3) is 0.768. The Morgan fingerprint density at radius 1 is 0.786 bits per heavy atom. The molecule has 1 aromatic rings. The van der Waals surface area contributed by atoms with E-state index in [9.17, 15) is 78.8 Å². The number of unbranched alkanes of at least 4 members (excludes halogenated alkanes) is 5. The summed E-state index contributed by atoms with van der Waals surface area (Å²) in [5.74, 6) is -9.02. The minimum absolute atomic E-state index is 0.124. The van der Waals surface area contributed by atoms with Crippen molar-refractivity contribution in [3.05, 3.63) is 29.8 Å². The minimum Gasteiger partial charge on any atom is -0.508 e. The lowest BCUT2D eigenvalue weighted by molar-refractivity contribution is -0.914. The van der Waals surface area contributed by atoms with Crippen LogP contribution in [0.15, 0.2) is 24.3 Å². The Morgan fingerprint density at radius 2 is 1.38 bits per heavy atom. The molecule has 3 aliphatic heterocycles. The summed E-state index contributed by atoms with van der Waals surface area (Å²) >= 11 is 0. The summed E-state index contributed by atoms with van der Waals surface area (Å²) in [6.07, 6.45) is -15.5. The van der Waals surface area contributed by atoms with Crippen LogP contribution in [0.4, 0.5) is 13.2 Å². The van der Waals surface area contributed by atoms with E-state index in [1.54, 1.807) is 0 Å². The molecular weight excluding hydrogens is 1110 g/mol. The summed E-state index contributed by atoms with van der Waals surface area (Å²) in [6, 6.07) is -7.90. The highest BCUT2D eigenvalue weighted by atomic mass is 19.3. The average Bonchev–Trinajstić information content (AvgIpc) is 2.45. The molecule has 4 rings (SSSR count). The van der Waals surface area contributed by atoms with Gasteiger partial charge in [0.1, 0.15) is 60.3 Å². The van der Waals surface area contributed by atoms with E-state index in [1.165, 1.54) is 6.92 Å². The highest BCUT2D eigenvalue weighted by Crippen LogP contribution is 2.30. The Kier molecular flexibility index (Phi) is 27.5. The molecule has 0 saturated carbocycles. The van der Waals surface area contributed by atoms with Gasteiger partial charge in [-0.05, 0) is 62.3 Å². The zero-order chi connectivity index (χ0) is 63.0. The smallest absolute Gasteiger partial charge is 0.406 e. The molecule has 17 atom stereocenters. The van der Waals surface area contributed by atoms with Gasteiger partial charge >= 0.3 is 6.11 Å². The monoisotopic (exact) mass is 1200 g/mol. The summed E-state index contributed by atoms with van der Waals surface area (Å²) in [5, 5.41) is 101. The number of amides is 7. The number of carbonyl (C=O) groups is 7. The van der Waals surface area contributed by atoms with Crippen molar-refractivity contribution in [3.63, 3.8) is 0 Å². The molecule has 478 valence electrons. The van der Waals surface area contributed by atoms with Crippen LogP contribution < -0.4 is 32.3 Å². The number of halogens is 3. The topological polar surface area (TPSA) is 383 Å². The quantitative estimate of drug-likeness (QED) is 0.0317. The third-order valence-electron chi connectivity index (χ3n) is 15.9. The lowest BCUT2D eigenvalue weighted by Crippen LogP contribution is -2.64. The van der Waals surface area contributed by atoms with E-state index < -0.39 is 189 Å². The number of quaternary nitrogens is 1. The van der Waals surface area contributed by atoms with Crippen LogP contribution >= 0.6 is 0 Å². The zero-order valence-corrected chi connectivity index (χ0v) is 49.2. The molecule has 0 radical (unpaired) electrons. The number of fused-ring (bicyclic) bond motifs is 2. The summed E-state index contributed by atoms with van der Waals surface area (Å²) in [5.41, 5.74) is 5.63. The third-order valence-corrected chi connectivity index (χ3v) is 15.9. The van der Waals surface area contributed by atoms with Crippen LogP contribution in [-0.4, -0.2) is 229 Å². The van der Waals surface area contributed by atoms with Crippen molar-refractivity contribution in [1.82, 2.24) is 36.4 Å². The van der Waals surface area contributed by atoms with Gasteiger partial charge in [0.2, 0.25) is 48.1 Å². The second kappa shape index (κ2) is 32.4. The Hall–Kier alpha value is -5.30. The van der Waals surface area contributed by atoms with Gasteiger partial charge in [-0.25, -0.2) is 0 Å². The molecular formula is C56H93F3N9O16+. The lowest BCUT2D eigenvalue weighted by atomic mass is 9.91. The number of phenolic OH excluding ortho intramolecular Hbond substituents is 1. The van der Waals surface area contributed by atoms with E-state index in [0.717, 1.165) is 95.1 Å². The molecule has 3 fully saturated rings. The van der Waals surface area contributed by atoms with E-state index in [1.807, 2.05) is 0 Å². The zero-order valence-electron chi connectivity index (χ0n) is 49.2. The number of likely N-dealkylation sites (N-methyl/N-ethyl adjacent to an activating group) is 1. The molecule has 1 aromatic carbocycles. The highest BCUT2D eigenvalue weighted by Gasteiger charge is 2.52. The number of nitrogens with zero attached hydrogens (tertiary/aromatic N) is 3. The molecule has 7 amide bonds. The molecule has 25 nitrogen and oxygen atoms in total. The first-order chi connectivity index (χ1) is 39.3. The van der Waals surface area contributed by atoms with Crippen molar-refractivity contribution in [2.45, 2.75) is 209 Å². The predicted octanol–water partition coefficient (Wildman–Crippen LogP) is -1.00. The van der Waals surface area contributed by atoms with E-state index in [4.69, 9.17) is 10.5 Å². The molecule has 84 heavy (non-hydrogen) atoms. The van der Waals surface area contributed by atoms with Gasteiger partial charge in [-0.3, -0.25) is 42.8 Å². The van der Waals surface area contributed by atoms with Gasteiger partial charge in [-0.2, -0.15) is 13.2 Å². The SMILES string of the molecule is CC[C@H](C)C[C@H](C)CCCCCCCCC(=O)N[C@H]1C[C@@H](O)[C@@H](OC(F)(F)C[N+](C)(C)CF)NC(=O)[C@@H]2[C@@H](O)[C@@H](C)CN2C(=O)[C@H]([C@H](O)CCN)NC(=O)[C@H]([C@H](O)[C@@H](O)c2ccc(O)cc2)NC(=O)[C@@H]2C[C@@H](O)CN2C(=O)[C@H]([C@@H](C)O)NC1=O. The van der Waals surface area contributed by atoms with Crippen molar-refractivity contribution in [1.29, 1.82) is 0 Å². The van der Waals surface area contributed by atoms with E-state index in [-0.39, 0.29) is 24.3 Å². The fourth-order valence-corrected chi connectivity index (χ4v) is 10.9. The van der Waals surface area contributed by atoms with Gasteiger partial charge in [-0.1, -0.05) is 84.8 Å².